The number of hydrogen-bond donors (Lipinski definition) is 0. The molecule has 5 rings (SSSR count). The van der Waals surface area contributed by atoms with Crippen LogP contribution in [0, 0.1) is 0 Å². The van der Waals surface area contributed by atoms with Gasteiger partial charge in [-0.25, -0.2) is 0 Å². The molecule has 4 aromatic rings. The van der Waals surface area contributed by atoms with Gasteiger partial charge in [-0.05, 0) is 41.5 Å². The summed E-state index contributed by atoms with van der Waals surface area (Å²) in [4.78, 5) is 14.0. The predicted molar refractivity (Wildman–Crippen MR) is 272 cm³/mol. The number of benzene rings is 4. The number of rotatable bonds is 37. The van der Waals surface area contributed by atoms with E-state index in [-0.39, 0.29) is 5.97 Å². The molecule has 4 aromatic carbocycles. The molecular weight excluding hydrogens is 833 g/mol. The van der Waals surface area contributed by atoms with Crippen molar-refractivity contribution in [2.75, 3.05) is 0 Å². The first-order valence-electron chi connectivity index (χ1n) is 26.6. The highest BCUT2D eigenvalue weighted by molar-refractivity contribution is 5.69. The van der Waals surface area contributed by atoms with Gasteiger partial charge in [0.25, 0.3) is 0 Å². The van der Waals surface area contributed by atoms with Crippen LogP contribution in [0.1, 0.15) is 184 Å². The summed E-state index contributed by atoms with van der Waals surface area (Å²) in [6.45, 7) is 5.83. The Morgan fingerprint density at radius 2 is 0.761 bits per heavy atom. The minimum Gasteiger partial charge on any atom is -0.459 e. The molecule has 1 heterocycles. The normalized spacial score (nSPS) is 18.7. The first-order chi connectivity index (χ1) is 33.1. The van der Waals surface area contributed by atoms with E-state index in [0.717, 1.165) is 60.8 Å². The predicted octanol–water partition coefficient (Wildman–Crippen LogP) is 15.6. The van der Waals surface area contributed by atoms with Gasteiger partial charge in [0.1, 0.15) is 30.5 Å². The van der Waals surface area contributed by atoms with Crippen LogP contribution in [0.2, 0.25) is 0 Å². The number of esters is 1. The van der Waals surface area contributed by atoms with E-state index in [2.05, 4.69) is 62.4 Å². The largest absolute Gasteiger partial charge is 0.459 e. The lowest BCUT2D eigenvalue weighted by atomic mass is 9.91. The van der Waals surface area contributed by atoms with Crippen molar-refractivity contribution >= 4 is 5.97 Å². The van der Waals surface area contributed by atoms with E-state index in [9.17, 15) is 4.79 Å². The van der Waals surface area contributed by atoms with E-state index in [0.29, 0.717) is 39.3 Å². The average molecular weight is 919 g/mol. The monoisotopic (exact) mass is 919 g/mol. The van der Waals surface area contributed by atoms with Crippen LogP contribution in [0.5, 0.6) is 0 Å². The van der Waals surface area contributed by atoms with Crippen molar-refractivity contribution in [1.29, 1.82) is 0 Å². The van der Waals surface area contributed by atoms with Crippen molar-refractivity contribution in [1.82, 2.24) is 0 Å². The molecule has 368 valence electrons. The Labute approximate surface area is 406 Å². The highest BCUT2D eigenvalue weighted by Crippen LogP contribution is 2.35. The van der Waals surface area contributed by atoms with Crippen LogP contribution >= 0.6 is 0 Å². The van der Waals surface area contributed by atoms with Crippen LogP contribution in [0.4, 0.5) is 0 Å². The Morgan fingerprint density at radius 1 is 0.418 bits per heavy atom. The summed E-state index contributed by atoms with van der Waals surface area (Å²) >= 11 is 0. The Kier molecular flexibility index (Phi) is 27.8. The first-order valence-corrected chi connectivity index (χ1v) is 26.6. The molecule has 0 N–H and O–H groups in total. The van der Waals surface area contributed by atoms with E-state index >= 15 is 0 Å². The molecule has 0 amide bonds. The van der Waals surface area contributed by atoms with Crippen LogP contribution < -0.4 is 0 Å². The molecule has 1 aliphatic rings. The van der Waals surface area contributed by atoms with Gasteiger partial charge >= 0.3 is 5.97 Å². The van der Waals surface area contributed by atoms with Gasteiger partial charge in [0.15, 0.2) is 6.29 Å². The third-order valence-corrected chi connectivity index (χ3v) is 13.1. The molecule has 0 aromatic heterocycles. The van der Waals surface area contributed by atoms with Crippen molar-refractivity contribution < 1.29 is 33.2 Å². The summed E-state index contributed by atoms with van der Waals surface area (Å²) < 4.78 is 41.4. The Hall–Kier alpha value is -3.85. The van der Waals surface area contributed by atoms with Gasteiger partial charge in [0, 0.05) is 6.42 Å². The van der Waals surface area contributed by atoms with Gasteiger partial charge in [0.05, 0.1) is 26.4 Å². The molecule has 0 aliphatic carbocycles. The first kappa shape index (κ1) is 54.1. The molecule has 67 heavy (non-hydrogen) atoms. The van der Waals surface area contributed by atoms with E-state index < -0.39 is 36.8 Å². The fraction of sp³-hybridized carbons (Fsp3) is 0.583. The van der Waals surface area contributed by atoms with Crippen LogP contribution in [-0.2, 0) is 59.6 Å². The van der Waals surface area contributed by atoms with Crippen LogP contribution in [-0.4, -0.2) is 42.8 Å². The Morgan fingerprint density at radius 3 is 1.18 bits per heavy atom. The summed E-state index contributed by atoms with van der Waals surface area (Å²) in [5.74, 6) is -0.179. The number of unbranched alkanes of at least 4 members (excludes halogenated alkanes) is 19. The van der Waals surface area contributed by atoms with Gasteiger partial charge in [0.2, 0.25) is 0 Å². The molecule has 7 nitrogen and oxygen atoms in total. The summed E-state index contributed by atoms with van der Waals surface area (Å²) in [6.07, 6.45) is 22.9. The van der Waals surface area contributed by atoms with E-state index in [4.69, 9.17) is 28.4 Å². The zero-order valence-electron chi connectivity index (χ0n) is 41.5. The standard InChI is InChI=1S/C60H86O7/c1-3-5-7-9-11-12-13-14-15-16-17-18-19-21-35-45-55(61)66-54(44-34-20-10-8-6-4-2)56-57(62-46-50-36-26-22-27-37-50)58(63-47-51-38-28-23-29-39-51)59(64-48-52-40-30-24-31-41-52)60(67-56)65-49-53-42-32-25-33-43-53/h22-33,36-43,54,56-60H,3-21,34-35,44-49H2,1-2H3/t54?,56-,57-,58+,59-,60-/m1/s1. The van der Waals surface area contributed by atoms with Gasteiger partial charge < -0.3 is 28.4 Å². The van der Waals surface area contributed by atoms with E-state index in [1.165, 1.54) is 96.3 Å². The third-order valence-electron chi connectivity index (χ3n) is 13.1. The second kappa shape index (κ2) is 34.4. The minimum atomic E-state index is -0.840. The number of carbonyl (C=O) groups excluding carboxylic acids is 1. The molecule has 7 heteroatoms. The second-order valence-electron chi connectivity index (χ2n) is 18.8. The SMILES string of the molecule is CCCCCCCCCCCCCCCCCC(=O)OC(CCCCCCCC)[C@H]1O[C@@H](OCc2ccccc2)[C@H](OCc2ccccc2)[C@@H](OCc2ccccc2)[C@@H]1OCc1ccccc1. The highest BCUT2D eigenvalue weighted by atomic mass is 16.7. The van der Waals surface area contributed by atoms with Crippen LogP contribution in [0.3, 0.4) is 0 Å². The molecular formula is C60H86O7. The summed E-state index contributed by atoms with van der Waals surface area (Å²) in [6, 6.07) is 40.7. The van der Waals surface area contributed by atoms with Crippen molar-refractivity contribution in [3.63, 3.8) is 0 Å². The molecule has 0 spiro atoms. The molecule has 0 radical (unpaired) electrons. The second-order valence-corrected chi connectivity index (χ2v) is 18.8. The minimum absolute atomic E-state index is 0.179. The van der Waals surface area contributed by atoms with Gasteiger partial charge in [-0.15, -0.1) is 0 Å². The fourth-order valence-electron chi connectivity index (χ4n) is 9.16. The van der Waals surface area contributed by atoms with E-state index in [1.807, 2.05) is 72.8 Å². The highest BCUT2D eigenvalue weighted by Gasteiger charge is 2.52. The lowest BCUT2D eigenvalue weighted by Gasteiger charge is -2.47. The average Bonchev–Trinajstić information content (AvgIpc) is 3.37. The maximum atomic E-state index is 14.0. The molecule has 1 unspecified atom stereocenters. The molecule has 0 saturated carbocycles. The zero-order chi connectivity index (χ0) is 46.8. The van der Waals surface area contributed by atoms with Crippen LogP contribution in [0.15, 0.2) is 121 Å². The van der Waals surface area contributed by atoms with Crippen molar-refractivity contribution in [2.24, 2.45) is 0 Å². The Bertz CT molecular complexity index is 1770. The molecule has 1 fully saturated rings. The molecule has 6 atom stereocenters. The molecule has 1 saturated heterocycles. The smallest absolute Gasteiger partial charge is 0.306 e. The zero-order valence-corrected chi connectivity index (χ0v) is 41.5. The molecule has 1 aliphatic heterocycles. The third kappa shape index (κ3) is 22.0. The van der Waals surface area contributed by atoms with Gasteiger partial charge in [-0.3, -0.25) is 4.79 Å². The maximum absolute atomic E-state index is 14.0. The van der Waals surface area contributed by atoms with Crippen LogP contribution in [0.25, 0.3) is 0 Å². The topological polar surface area (TPSA) is 72.5 Å². The Balaban J connectivity index is 1.32. The summed E-state index contributed by atoms with van der Waals surface area (Å²) in [7, 11) is 0. The van der Waals surface area contributed by atoms with Crippen molar-refractivity contribution in [3.8, 4) is 0 Å². The number of carbonyl (C=O) groups is 1. The van der Waals surface area contributed by atoms with Gasteiger partial charge in [-0.1, -0.05) is 257 Å². The number of hydrogen-bond acceptors (Lipinski definition) is 7. The van der Waals surface area contributed by atoms with Crippen molar-refractivity contribution in [2.45, 2.75) is 225 Å². The van der Waals surface area contributed by atoms with E-state index in [1.54, 1.807) is 0 Å². The quantitative estimate of drug-likeness (QED) is 0.0330. The lowest BCUT2D eigenvalue weighted by Crippen LogP contribution is -2.63. The van der Waals surface area contributed by atoms with Gasteiger partial charge in [-0.2, -0.15) is 0 Å². The number of ether oxygens (including phenoxy) is 6. The fourth-order valence-corrected chi connectivity index (χ4v) is 9.16. The summed E-state index contributed by atoms with van der Waals surface area (Å²) in [5, 5.41) is 0. The maximum Gasteiger partial charge on any atom is 0.306 e. The molecule has 0 bridgehead atoms. The lowest BCUT2D eigenvalue weighted by molar-refractivity contribution is -0.337. The summed E-state index contributed by atoms with van der Waals surface area (Å²) in [5.41, 5.74) is 4.12. The van der Waals surface area contributed by atoms with Crippen molar-refractivity contribution in [3.05, 3.63) is 144 Å².